The van der Waals surface area contributed by atoms with Crippen LogP contribution in [0.15, 0.2) is 24.3 Å². The van der Waals surface area contributed by atoms with Crippen LogP contribution < -0.4 is 4.74 Å². The van der Waals surface area contributed by atoms with Crippen molar-refractivity contribution in [1.82, 2.24) is 4.90 Å². The van der Waals surface area contributed by atoms with Gasteiger partial charge in [0, 0.05) is 13.1 Å². The van der Waals surface area contributed by atoms with Gasteiger partial charge in [0.05, 0.1) is 0 Å². The van der Waals surface area contributed by atoms with Crippen molar-refractivity contribution in [3.63, 3.8) is 0 Å². The first kappa shape index (κ1) is 14.6. The Hall–Kier alpha value is -1.51. The number of benzene rings is 1. The van der Waals surface area contributed by atoms with Gasteiger partial charge in [-0.3, -0.25) is 4.79 Å². The number of hydrogen-bond donors (Lipinski definition) is 0. The molecular formula is C15H23NO2. The van der Waals surface area contributed by atoms with Gasteiger partial charge >= 0.3 is 0 Å². The second kappa shape index (κ2) is 7.04. The molecule has 0 N–H and O–H groups in total. The largest absolute Gasteiger partial charge is 0.481 e. The van der Waals surface area contributed by atoms with Gasteiger partial charge in [0.2, 0.25) is 0 Å². The summed E-state index contributed by atoms with van der Waals surface area (Å²) < 4.78 is 5.79. The second-order valence-electron chi connectivity index (χ2n) is 4.23. The summed E-state index contributed by atoms with van der Waals surface area (Å²) in [7, 11) is 0. The van der Waals surface area contributed by atoms with Gasteiger partial charge in [-0.25, -0.2) is 0 Å². The molecule has 3 nitrogen and oxygen atoms in total. The van der Waals surface area contributed by atoms with E-state index in [1.54, 1.807) is 4.90 Å². The normalized spacial score (nSPS) is 12.0. The summed E-state index contributed by atoms with van der Waals surface area (Å²) >= 11 is 0. The van der Waals surface area contributed by atoms with Crippen molar-refractivity contribution in [2.75, 3.05) is 13.1 Å². The van der Waals surface area contributed by atoms with Crippen LogP contribution in [0.4, 0.5) is 0 Å². The molecule has 1 rings (SSSR count). The van der Waals surface area contributed by atoms with E-state index in [-0.39, 0.29) is 5.91 Å². The predicted molar refractivity (Wildman–Crippen MR) is 73.8 cm³/mol. The van der Waals surface area contributed by atoms with E-state index in [9.17, 15) is 4.79 Å². The number of aryl methyl sites for hydroxylation is 1. The second-order valence-corrected chi connectivity index (χ2v) is 4.23. The van der Waals surface area contributed by atoms with Crippen LogP contribution in [-0.2, 0) is 11.2 Å². The molecule has 0 spiro atoms. The highest BCUT2D eigenvalue weighted by molar-refractivity contribution is 5.80. The maximum Gasteiger partial charge on any atom is 0.263 e. The number of para-hydroxylation sites is 1. The van der Waals surface area contributed by atoms with Crippen LogP contribution in [0, 0.1) is 0 Å². The minimum atomic E-state index is -0.433. The Morgan fingerprint density at radius 1 is 1.22 bits per heavy atom. The first-order valence-electron chi connectivity index (χ1n) is 6.67. The third kappa shape index (κ3) is 3.49. The number of hydrogen-bond acceptors (Lipinski definition) is 2. The zero-order valence-corrected chi connectivity index (χ0v) is 11.8. The first-order valence-corrected chi connectivity index (χ1v) is 6.67. The summed E-state index contributed by atoms with van der Waals surface area (Å²) in [5.41, 5.74) is 1.14. The molecule has 100 valence electrons. The molecule has 0 bridgehead atoms. The fourth-order valence-corrected chi connectivity index (χ4v) is 1.94. The number of amides is 1. The van der Waals surface area contributed by atoms with Gasteiger partial charge in [-0.05, 0) is 38.8 Å². The smallest absolute Gasteiger partial charge is 0.263 e. The zero-order chi connectivity index (χ0) is 13.5. The molecular weight excluding hydrogens is 226 g/mol. The Balaban J connectivity index is 2.74. The van der Waals surface area contributed by atoms with Crippen molar-refractivity contribution in [3.8, 4) is 5.75 Å². The molecule has 0 fully saturated rings. The van der Waals surface area contributed by atoms with Gasteiger partial charge in [0.25, 0.3) is 5.91 Å². The lowest BCUT2D eigenvalue weighted by molar-refractivity contribution is -0.137. The van der Waals surface area contributed by atoms with Crippen LogP contribution in [0.2, 0.25) is 0 Å². The van der Waals surface area contributed by atoms with Crippen molar-refractivity contribution in [2.45, 2.75) is 40.2 Å². The molecule has 1 amide bonds. The van der Waals surface area contributed by atoms with Crippen LogP contribution in [0.5, 0.6) is 5.75 Å². The Morgan fingerprint density at radius 2 is 1.83 bits per heavy atom. The Bertz CT molecular complexity index is 386. The Labute approximate surface area is 110 Å². The molecule has 0 aliphatic heterocycles. The van der Waals surface area contributed by atoms with Crippen molar-refractivity contribution in [3.05, 3.63) is 29.8 Å². The molecule has 3 heteroatoms. The summed E-state index contributed by atoms with van der Waals surface area (Å²) in [6, 6.07) is 7.88. The van der Waals surface area contributed by atoms with E-state index in [2.05, 4.69) is 6.92 Å². The van der Waals surface area contributed by atoms with E-state index in [4.69, 9.17) is 4.74 Å². The molecule has 0 aliphatic rings. The SMILES string of the molecule is CCc1ccccc1O[C@@H](C)C(=O)N(CC)CC. The maximum absolute atomic E-state index is 12.1. The predicted octanol–water partition coefficient (Wildman–Crippen LogP) is 2.88. The van der Waals surface area contributed by atoms with Gasteiger partial charge in [0.1, 0.15) is 5.75 Å². The average Bonchev–Trinajstić information content (AvgIpc) is 2.40. The van der Waals surface area contributed by atoms with Gasteiger partial charge in [0.15, 0.2) is 6.10 Å². The van der Waals surface area contributed by atoms with Crippen molar-refractivity contribution < 1.29 is 9.53 Å². The lowest BCUT2D eigenvalue weighted by Gasteiger charge is -2.24. The molecule has 0 heterocycles. The molecule has 0 aliphatic carbocycles. The number of nitrogens with zero attached hydrogens (tertiary/aromatic N) is 1. The van der Waals surface area contributed by atoms with Crippen molar-refractivity contribution in [1.29, 1.82) is 0 Å². The van der Waals surface area contributed by atoms with E-state index < -0.39 is 6.10 Å². The van der Waals surface area contributed by atoms with E-state index in [1.807, 2.05) is 45.0 Å². The van der Waals surface area contributed by atoms with Gasteiger partial charge in [-0.1, -0.05) is 25.1 Å². The first-order chi connectivity index (χ1) is 8.63. The minimum Gasteiger partial charge on any atom is -0.481 e. The fraction of sp³-hybridized carbons (Fsp3) is 0.533. The quantitative estimate of drug-likeness (QED) is 0.776. The minimum absolute atomic E-state index is 0.0471. The van der Waals surface area contributed by atoms with Crippen LogP contribution in [0.3, 0.4) is 0 Å². The highest BCUT2D eigenvalue weighted by Crippen LogP contribution is 2.20. The number of likely N-dealkylation sites (N-methyl/N-ethyl adjacent to an activating group) is 1. The standard InChI is InChI=1S/C15H23NO2/c1-5-13-10-8-9-11-14(13)18-12(4)15(17)16(6-2)7-3/h8-12H,5-7H2,1-4H3/t12-/m0/s1. The van der Waals surface area contributed by atoms with Gasteiger partial charge in [-0.2, -0.15) is 0 Å². The number of ether oxygens (including phenoxy) is 1. The topological polar surface area (TPSA) is 29.5 Å². The number of carbonyl (C=O) groups is 1. The van der Waals surface area contributed by atoms with Crippen molar-refractivity contribution in [2.24, 2.45) is 0 Å². The van der Waals surface area contributed by atoms with Crippen LogP contribution in [0.1, 0.15) is 33.3 Å². The zero-order valence-electron chi connectivity index (χ0n) is 11.8. The third-order valence-corrected chi connectivity index (χ3v) is 3.08. The highest BCUT2D eigenvalue weighted by atomic mass is 16.5. The molecule has 1 atom stereocenters. The average molecular weight is 249 g/mol. The highest BCUT2D eigenvalue weighted by Gasteiger charge is 2.20. The van der Waals surface area contributed by atoms with Crippen LogP contribution >= 0.6 is 0 Å². The molecule has 18 heavy (non-hydrogen) atoms. The molecule has 0 radical (unpaired) electrons. The summed E-state index contributed by atoms with van der Waals surface area (Å²) in [4.78, 5) is 13.9. The molecule has 1 aromatic carbocycles. The van der Waals surface area contributed by atoms with E-state index in [1.165, 1.54) is 0 Å². The van der Waals surface area contributed by atoms with E-state index >= 15 is 0 Å². The third-order valence-electron chi connectivity index (χ3n) is 3.08. The van der Waals surface area contributed by atoms with Gasteiger partial charge < -0.3 is 9.64 Å². The van der Waals surface area contributed by atoms with Crippen LogP contribution in [0.25, 0.3) is 0 Å². The number of carbonyl (C=O) groups excluding carboxylic acids is 1. The molecule has 1 aromatic rings. The lowest BCUT2D eigenvalue weighted by Crippen LogP contribution is -2.40. The molecule has 0 saturated heterocycles. The summed E-state index contributed by atoms with van der Waals surface area (Å²) in [5, 5.41) is 0. The maximum atomic E-state index is 12.1. The molecule has 0 aromatic heterocycles. The fourth-order valence-electron chi connectivity index (χ4n) is 1.94. The monoisotopic (exact) mass is 249 g/mol. The summed E-state index contributed by atoms with van der Waals surface area (Å²) in [6.07, 6.45) is 0.472. The molecule has 0 unspecified atom stereocenters. The Kier molecular flexibility index (Phi) is 5.69. The van der Waals surface area contributed by atoms with Crippen molar-refractivity contribution >= 4 is 5.91 Å². The Morgan fingerprint density at radius 3 is 2.39 bits per heavy atom. The van der Waals surface area contributed by atoms with Crippen LogP contribution in [-0.4, -0.2) is 30.0 Å². The van der Waals surface area contributed by atoms with E-state index in [0.29, 0.717) is 0 Å². The van der Waals surface area contributed by atoms with Gasteiger partial charge in [-0.15, -0.1) is 0 Å². The summed E-state index contributed by atoms with van der Waals surface area (Å²) in [6.45, 7) is 9.30. The van der Waals surface area contributed by atoms with E-state index in [0.717, 1.165) is 30.8 Å². The summed E-state index contributed by atoms with van der Waals surface area (Å²) in [5.74, 6) is 0.860. The lowest BCUT2D eigenvalue weighted by atomic mass is 10.1. The molecule has 0 saturated carbocycles. The number of rotatable bonds is 6.